The number of ketones is 1. The van der Waals surface area contributed by atoms with Gasteiger partial charge in [-0.1, -0.05) is 6.07 Å². The number of nitrogens with zero attached hydrogens (tertiary/aromatic N) is 2. The molecule has 9 nitrogen and oxygen atoms in total. The van der Waals surface area contributed by atoms with E-state index in [2.05, 4.69) is 10.2 Å². The van der Waals surface area contributed by atoms with E-state index < -0.39 is 4.92 Å². The number of anilines is 1. The number of ether oxygens (including phenoxy) is 3. The zero-order valence-corrected chi connectivity index (χ0v) is 17.9. The van der Waals surface area contributed by atoms with Crippen LogP contribution in [-0.4, -0.2) is 62.7 Å². The molecule has 2 aromatic carbocycles. The minimum Gasteiger partial charge on any atom is -0.493 e. The maximum Gasteiger partial charge on any atom is 0.293 e. The second kappa shape index (κ2) is 10.2. The van der Waals surface area contributed by atoms with Crippen LogP contribution in [0.5, 0.6) is 11.5 Å². The summed E-state index contributed by atoms with van der Waals surface area (Å²) in [6.45, 7) is 4.54. The van der Waals surface area contributed by atoms with Gasteiger partial charge in [-0.25, -0.2) is 0 Å². The van der Waals surface area contributed by atoms with E-state index in [0.29, 0.717) is 42.5 Å². The Balaban J connectivity index is 1.90. The summed E-state index contributed by atoms with van der Waals surface area (Å²) in [5, 5.41) is 14.8. The Hall–Kier alpha value is -3.17. The first-order chi connectivity index (χ1) is 14.9. The van der Waals surface area contributed by atoms with Gasteiger partial charge in [0, 0.05) is 31.3 Å². The summed E-state index contributed by atoms with van der Waals surface area (Å²) in [5.41, 5.74) is 1.55. The second-order valence-electron chi connectivity index (χ2n) is 7.20. The van der Waals surface area contributed by atoms with Crippen molar-refractivity contribution >= 4 is 17.2 Å². The van der Waals surface area contributed by atoms with E-state index in [9.17, 15) is 14.9 Å². The normalized spacial score (nSPS) is 15.2. The average molecular weight is 429 g/mol. The third kappa shape index (κ3) is 5.31. The number of nitrogens with one attached hydrogen (secondary N) is 1. The van der Waals surface area contributed by atoms with Crippen LogP contribution < -0.4 is 14.8 Å². The average Bonchev–Trinajstić information content (AvgIpc) is 2.79. The number of nitro benzene ring substituents is 1. The molecule has 0 spiro atoms. The first-order valence-electron chi connectivity index (χ1n) is 10.0. The molecule has 0 saturated carbocycles. The first-order valence-corrected chi connectivity index (χ1v) is 10.0. The predicted octanol–water partition coefficient (Wildman–Crippen LogP) is 3.30. The molecule has 1 atom stereocenters. The van der Waals surface area contributed by atoms with Gasteiger partial charge in [0.2, 0.25) is 0 Å². The van der Waals surface area contributed by atoms with Crippen molar-refractivity contribution in [3.05, 3.63) is 57.6 Å². The zero-order chi connectivity index (χ0) is 22.4. The molecular formula is C22H27N3O6. The van der Waals surface area contributed by atoms with Crippen molar-refractivity contribution in [3.63, 3.8) is 0 Å². The van der Waals surface area contributed by atoms with Crippen LogP contribution in [0.3, 0.4) is 0 Å². The van der Waals surface area contributed by atoms with Crippen molar-refractivity contribution in [2.24, 2.45) is 0 Å². The smallest absolute Gasteiger partial charge is 0.293 e. The number of hydrogen-bond acceptors (Lipinski definition) is 8. The molecule has 1 saturated heterocycles. The van der Waals surface area contributed by atoms with Gasteiger partial charge in [-0.3, -0.25) is 19.8 Å². The highest BCUT2D eigenvalue weighted by molar-refractivity contribution is 5.95. The predicted molar refractivity (Wildman–Crippen MR) is 116 cm³/mol. The van der Waals surface area contributed by atoms with E-state index in [1.165, 1.54) is 13.0 Å². The molecule has 1 N–H and O–H groups in total. The van der Waals surface area contributed by atoms with Crippen LogP contribution in [0.1, 0.15) is 28.9 Å². The number of rotatable bonds is 9. The number of benzene rings is 2. The first kappa shape index (κ1) is 22.5. The fourth-order valence-electron chi connectivity index (χ4n) is 3.66. The molecule has 1 heterocycles. The molecule has 31 heavy (non-hydrogen) atoms. The minimum absolute atomic E-state index is 0.0733. The summed E-state index contributed by atoms with van der Waals surface area (Å²) in [7, 11) is 3.17. The van der Waals surface area contributed by atoms with E-state index in [-0.39, 0.29) is 17.5 Å². The molecule has 1 fully saturated rings. The highest BCUT2D eigenvalue weighted by atomic mass is 16.6. The van der Waals surface area contributed by atoms with Crippen LogP contribution >= 0.6 is 0 Å². The highest BCUT2D eigenvalue weighted by Crippen LogP contribution is 2.33. The summed E-state index contributed by atoms with van der Waals surface area (Å²) in [5.74, 6) is 1.04. The number of nitro groups is 1. The lowest BCUT2D eigenvalue weighted by molar-refractivity contribution is -0.384. The molecule has 9 heteroatoms. The van der Waals surface area contributed by atoms with Crippen LogP contribution in [-0.2, 0) is 4.74 Å². The third-order valence-corrected chi connectivity index (χ3v) is 5.37. The van der Waals surface area contributed by atoms with Crippen molar-refractivity contribution in [2.75, 3.05) is 52.4 Å². The summed E-state index contributed by atoms with van der Waals surface area (Å²) in [6, 6.07) is 10.2. The van der Waals surface area contributed by atoms with Gasteiger partial charge in [-0.15, -0.1) is 0 Å². The van der Waals surface area contributed by atoms with Gasteiger partial charge >= 0.3 is 0 Å². The Morgan fingerprint density at radius 2 is 1.87 bits per heavy atom. The molecule has 1 aliphatic rings. The van der Waals surface area contributed by atoms with Crippen LogP contribution in [0.4, 0.5) is 11.4 Å². The number of methoxy groups -OCH3 is 2. The van der Waals surface area contributed by atoms with Gasteiger partial charge in [0.25, 0.3) is 5.69 Å². The van der Waals surface area contributed by atoms with Gasteiger partial charge in [0.15, 0.2) is 17.3 Å². The van der Waals surface area contributed by atoms with Gasteiger partial charge in [0.05, 0.1) is 38.4 Å². The van der Waals surface area contributed by atoms with E-state index >= 15 is 0 Å². The number of carbonyl (C=O) groups is 1. The van der Waals surface area contributed by atoms with Crippen LogP contribution in [0.25, 0.3) is 0 Å². The molecule has 0 aliphatic carbocycles. The third-order valence-electron chi connectivity index (χ3n) is 5.37. The largest absolute Gasteiger partial charge is 0.493 e. The summed E-state index contributed by atoms with van der Waals surface area (Å²) >= 11 is 0. The number of morpholine rings is 1. The van der Waals surface area contributed by atoms with Gasteiger partial charge in [-0.2, -0.15) is 0 Å². The molecule has 0 bridgehead atoms. The van der Waals surface area contributed by atoms with Crippen LogP contribution in [0.15, 0.2) is 36.4 Å². The van der Waals surface area contributed by atoms with Crippen molar-refractivity contribution in [3.8, 4) is 11.5 Å². The summed E-state index contributed by atoms with van der Waals surface area (Å²) in [6.07, 6.45) is 0. The highest BCUT2D eigenvalue weighted by Gasteiger charge is 2.25. The molecule has 1 unspecified atom stereocenters. The van der Waals surface area contributed by atoms with Crippen LogP contribution in [0.2, 0.25) is 0 Å². The Morgan fingerprint density at radius 3 is 2.48 bits per heavy atom. The van der Waals surface area contributed by atoms with Crippen molar-refractivity contribution in [2.45, 2.75) is 13.0 Å². The fraction of sp³-hybridized carbons (Fsp3) is 0.409. The molecule has 1 aliphatic heterocycles. The quantitative estimate of drug-likeness (QED) is 0.368. The van der Waals surface area contributed by atoms with Gasteiger partial charge in [-0.05, 0) is 36.8 Å². The topological polar surface area (TPSA) is 103 Å². The van der Waals surface area contributed by atoms with Crippen molar-refractivity contribution < 1.29 is 23.9 Å². The van der Waals surface area contributed by atoms with E-state index in [4.69, 9.17) is 14.2 Å². The Labute approximate surface area is 181 Å². The molecule has 3 rings (SSSR count). The molecule has 0 amide bonds. The molecular weight excluding hydrogens is 402 g/mol. The minimum atomic E-state index is -0.477. The van der Waals surface area contributed by atoms with Crippen molar-refractivity contribution in [1.82, 2.24) is 4.90 Å². The maximum absolute atomic E-state index is 11.6. The molecule has 0 aromatic heterocycles. The van der Waals surface area contributed by atoms with E-state index in [0.717, 1.165) is 18.7 Å². The Kier molecular flexibility index (Phi) is 7.43. The Morgan fingerprint density at radius 1 is 1.16 bits per heavy atom. The number of carbonyl (C=O) groups excluding carboxylic acids is 1. The standard InChI is InChI=1S/C22H27N3O6/c1-15(26)16-4-6-18(19(12-16)25(27)28)23-14-20(24-8-10-31-11-9-24)17-5-7-21(29-2)22(13-17)30-3/h4-7,12-13,20,23H,8-11,14H2,1-3H3. The van der Waals surface area contributed by atoms with E-state index in [1.807, 2.05) is 18.2 Å². The molecule has 2 aromatic rings. The van der Waals surface area contributed by atoms with Gasteiger partial charge < -0.3 is 19.5 Å². The van der Waals surface area contributed by atoms with E-state index in [1.54, 1.807) is 26.4 Å². The second-order valence-corrected chi connectivity index (χ2v) is 7.20. The Bertz CT molecular complexity index is 943. The van der Waals surface area contributed by atoms with Gasteiger partial charge in [0.1, 0.15) is 5.69 Å². The molecule has 0 radical (unpaired) electrons. The lowest BCUT2D eigenvalue weighted by atomic mass is 10.0. The van der Waals surface area contributed by atoms with Crippen molar-refractivity contribution in [1.29, 1.82) is 0 Å². The number of hydrogen-bond donors (Lipinski definition) is 1. The lowest BCUT2D eigenvalue weighted by Crippen LogP contribution is -2.41. The maximum atomic E-state index is 11.6. The molecule has 166 valence electrons. The van der Waals surface area contributed by atoms with Crippen LogP contribution in [0, 0.1) is 10.1 Å². The summed E-state index contributed by atoms with van der Waals surface area (Å²) < 4.78 is 16.3. The monoisotopic (exact) mass is 429 g/mol. The summed E-state index contributed by atoms with van der Waals surface area (Å²) in [4.78, 5) is 25.0. The number of Topliss-reactive ketones (excluding diaryl/α,β-unsaturated/α-hetero) is 1. The zero-order valence-electron chi connectivity index (χ0n) is 17.9. The lowest BCUT2D eigenvalue weighted by Gasteiger charge is -2.35. The SMILES string of the molecule is COc1ccc(C(CNc2ccc(C(C)=O)cc2[N+](=O)[O-])N2CCOCC2)cc1OC. The fourth-order valence-corrected chi connectivity index (χ4v) is 3.66.